The number of aryl methyl sites for hydroxylation is 1. The molecule has 1 saturated heterocycles. The molecule has 3 heterocycles. The van der Waals surface area contributed by atoms with Gasteiger partial charge in [0.25, 0.3) is 11.5 Å². The largest absolute Gasteiger partial charge is 0.348 e. The first-order chi connectivity index (χ1) is 13.1. The smallest absolute Gasteiger partial charge is 0.266 e. The molecule has 140 valence electrons. The third kappa shape index (κ3) is 3.78. The lowest BCUT2D eigenvalue weighted by atomic mass is 10.1. The molecule has 1 aromatic carbocycles. The molecular formula is C20H23N5O2. The van der Waals surface area contributed by atoms with E-state index >= 15 is 0 Å². The summed E-state index contributed by atoms with van der Waals surface area (Å²) in [7, 11) is 0. The van der Waals surface area contributed by atoms with Gasteiger partial charge in [-0.2, -0.15) is 0 Å². The lowest BCUT2D eigenvalue weighted by molar-refractivity contribution is 0.0949. The number of carbonyl (C=O) groups is 1. The van der Waals surface area contributed by atoms with Crippen LogP contribution in [0.5, 0.6) is 0 Å². The highest BCUT2D eigenvalue weighted by Crippen LogP contribution is 2.14. The SMILES string of the molecule is Cc1c(C(=O)NCc2ccc(CN3CCCC3)cc2)cnc2cc(=O)[nH]n12. The minimum Gasteiger partial charge on any atom is -0.348 e. The number of fused-ring (bicyclic) bond motifs is 1. The van der Waals surface area contributed by atoms with Crippen LogP contribution in [-0.4, -0.2) is 38.5 Å². The number of hydrogen-bond donors (Lipinski definition) is 2. The van der Waals surface area contributed by atoms with Crippen LogP contribution < -0.4 is 10.9 Å². The molecule has 0 unspecified atom stereocenters. The zero-order chi connectivity index (χ0) is 18.8. The average molecular weight is 365 g/mol. The summed E-state index contributed by atoms with van der Waals surface area (Å²) >= 11 is 0. The summed E-state index contributed by atoms with van der Waals surface area (Å²) in [5, 5.41) is 5.57. The van der Waals surface area contributed by atoms with Gasteiger partial charge >= 0.3 is 0 Å². The van der Waals surface area contributed by atoms with E-state index in [1.54, 1.807) is 6.92 Å². The van der Waals surface area contributed by atoms with E-state index in [1.807, 2.05) is 0 Å². The lowest BCUT2D eigenvalue weighted by Crippen LogP contribution is -2.25. The van der Waals surface area contributed by atoms with E-state index in [9.17, 15) is 9.59 Å². The van der Waals surface area contributed by atoms with Crippen molar-refractivity contribution in [3.8, 4) is 0 Å². The van der Waals surface area contributed by atoms with Crippen molar-refractivity contribution in [2.24, 2.45) is 0 Å². The summed E-state index contributed by atoms with van der Waals surface area (Å²) in [5.41, 5.74) is 3.71. The number of aromatic nitrogens is 3. The molecule has 1 aliphatic rings. The number of nitrogens with one attached hydrogen (secondary N) is 2. The number of carbonyl (C=O) groups excluding carboxylic acids is 1. The van der Waals surface area contributed by atoms with Crippen molar-refractivity contribution in [1.82, 2.24) is 24.8 Å². The van der Waals surface area contributed by atoms with Crippen LogP contribution in [0.15, 0.2) is 41.3 Å². The molecule has 1 amide bonds. The van der Waals surface area contributed by atoms with Crippen molar-refractivity contribution in [3.63, 3.8) is 0 Å². The normalized spacial score (nSPS) is 14.7. The van der Waals surface area contributed by atoms with Crippen molar-refractivity contribution < 1.29 is 4.79 Å². The second-order valence-corrected chi connectivity index (χ2v) is 7.05. The van der Waals surface area contributed by atoms with Gasteiger partial charge in [-0.15, -0.1) is 0 Å². The van der Waals surface area contributed by atoms with Gasteiger partial charge < -0.3 is 5.32 Å². The number of hydrogen-bond acceptors (Lipinski definition) is 4. The van der Waals surface area contributed by atoms with E-state index in [0.717, 1.165) is 12.1 Å². The highest BCUT2D eigenvalue weighted by atomic mass is 16.1. The summed E-state index contributed by atoms with van der Waals surface area (Å²) in [6.07, 6.45) is 4.09. The number of aromatic amines is 1. The van der Waals surface area contributed by atoms with Gasteiger partial charge in [0.2, 0.25) is 0 Å². The Hall–Kier alpha value is -2.93. The van der Waals surface area contributed by atoms with E-state index in [2.05, 4.69) is 44.6 Å². The number of amides is 1. The minimum absolute atomic E-state index is 0.211. The quantitative estimate of drug-likeness (QED) is 0.723. The third-order valence-corrected chi connectivity index (χ3v) is 5.09. The fourth-order valence-electron chi connectivity index (χ4n) is 3.54. The van der Waals surface area contributed by atoms with E-state index < -0.39 is 0 Å². The first-order valence-corrected chi connectivity index (χ1v) is 9.26. The Kier molecular flexibility index (Phi) is 4.77. The van der Waals surface area contributed by atoms with Gasteiger partial charge in [0.15, 0.2) is 5.65 Å². The Balaban J connectivity index is 1.40. The van der Waals surface area contributed by atoms with E-state index in [4.69, 9.17) is 0 Å². The number of H-pyrrole nitrogens is 1. The number of nitrogens with zero attached hydrogens (tertiary/aromatic N) is 3. The molecule has 0 atom stereocenters. The van der Waals surface area contributed by atoms with Crippen molar-refractivity contribution in [3.05, 3.63) is 69.3 Å². The molecule has 0 bridgehead atoms. The second-order valence-electron chi connectivity index (χ2n) is 7.05. The summed E-state index contributed by atoms with van der Waals surface area (Å²) in [6.45, 7) is 5.59. The van der Waals surface area contributed by atoms with Gasteiger partial charge in [0, 0.05) is 25.4 Å². The maximum atomic E-state index is 12.5. The highest BCUT2D eigenvalue weighted by molar-refractivity contribution is 5.95. The van der Waals surface area contributed by atoms with Gasteiger partial charge in [0.1, 0.15) is 0 Å². The first kappa shape index (κ1) is 17.5. The van der Waals surface area contributed by atoms with Crippen LogP contribution in [0.4, 0.5) is 0 Å². The third-order valence-electron chi connectivity index (χ3n) is 5.09. The molecule has 3 aromatic rings. The van der Waals surface area contributed by atoms with Gasteiger partial charge in [-0.25, -0.2) is 9.50 Å². The molecule has 0 spiro atoms. The van der Waals surface area contributed by atoms with Gasteiger partial charge in [-0.05, 0) is 44.0 Å². The molecule has 27 heavy (non-hydrogen) atoms. The van der Waals surface area contributed by atoms with Gasteiger partial charge in [-0.3, -0.25) is 19.6 Å². The molecule has 2 aromatic heterocycles. The van der Waals surface area contributed by atoms with Crippen LogP contribution in [0, 0.1) is 6.92 Å². The maximum absolute atomic E-state index is 12.5. The van der Waals surface area contributed by atoms with Crippen molar-refractivity contribution >= 4 is 11.6 Å². The number of benzene rings is 1. The van der Waals surface area contributed by atoms with Crippen LogP contribution in [0.25, 0.3) is 5.65 Å². The van der Waals surface area contributed by atoms with Crippen molar-refractivity contribution in [1.29, 1.82) is 0 Å². The van der Waals surface area contributed by atoms with E-state index in [-0.39, 0.29) is 11.5 Å². The fourth-order valence-corrected chi connectivity index (χ4v) is 3.54. The van der Waals surface area contributed by atoms with Crippen LogP contribution in [-0.2, 0) is 13.1 Å². The van der Waals surface area contributed by atoms with E-state index in [0.29, 0.717) is 23.4 Å². The Morgan fingerprint density at radius 3 is 2.63 bits per heavy atom. The molecule has 1 fully saturated rings. The molecule has 7 heteroatoms. The van der Waals surface area contributed by atoms with Crippen molar-refractivity contribution in [2.45, 2.75) is 32.9 Å². The summed E-state index contributed by atoms with van der Waals surface area (Å²) in [5.74, 6) is -0.211. The average Bonchev–Trinajstić information content (AvgIpc) is 3.30. The molecule has 1 aliphatic heterocycles. The summed E-state index contributed by atoms with van der Waals surface area (Å²) < 4.78 is 1.53. The highest BCUT2D eigenvalue weighted by Gasteiger charge is 2.14. The molecule has 7 nitrogen and oxygen atoms in total. The predicted octanol–water partition coefficient (Wildman–Crippen LogP) is 1.86. The molecule has 4 rings (SSSR count). The Morgan fingerprint density at radius 2 is 1.89 bits per heavy atom. The van der Waals surface area contributed by atoms with Gasteiger partial charge in [0.05, 0.1) is 11.3 Å². The molecule has 2 N–H and O–H groups in total. The van der Waals surface area contributed by atoms with Crippen LogP contribution in [0.3, 0.4) is 0 Å². The molecule has 0 radical (unpaired) electrons. The fraction of sp³-hybridized carbons (Fsp3) is 0.350. The summed E-state index contributed by atoms with van der Waals surface area (Å²) in [6, 6.07) is 9.78. The molecule has 0 aliphatic carbocycles. The number of rotatable bonds is 5. The Morgan fingerprint density at radius 1 is 1.19 bits per heavy atom. The molecule has 0 saturated carbocycles. The van der Waals surface area contributed by atoms with E-state index in [1.165, 1.54) is 48.3 Å². The minimum atomic E-state index is -0.239. The monoisotopic (exact) mass is 365 g/mol. The lowest BCUT2D eigenvalue weighted by Gasteiger charge is -2.14. The van der Waals surface area contributed by atoms with Crippen LogP contribution in [0.1, 0.15) is 40.0 Å². The number of likely N-dealkylation sites (tertiary alicyclic amines) is 1. The summed E-state index contributed by atoms with van der Waals surface area (Å²) in [4.78, 5) is 30.6. The zero-order valence-corrected chi connectivity index (χ0v) is 15.4. The zero-order valence-electron chi connectivity index (χ0n) is 15.4. The standard InChI is InChI=1S/C20H23N5O2/c1-14-17(12-21-18-10-19(26)23-25(14)18)20(27)22-11-15-4-6-16(7-5-15)13-24-8-2-3-9-24/h4-7,10,12H,2-3,8-9,11,13H2,1H3,(H,22,27)(H,23,26). The Bertz CT molecular complexity index is 1010. The Labute approximate surface area is 157 Å². The predicted molar refractivity (Wildman–Crippen MR) is 103 cm³/mol. The topological polar surface area (TPSA) is 82.5 Å². The molecular weight excluding hydrogens is 342 g/mol. The van der Waals surface area contributed by atoms with Crippen molar-refractivity contribution in [2.75, 3.05) is 13.1 Å². The van der Waals surface area contributed by atoms with Crippen LogP contribution >= 0.6 is 0 Å². The first-order valence-electron chi connectivity index (χ1n) is 9.26. The second kappa shape index (κ2) is 7.36. The maximum Gasteiger partial charge on any atom is 0.266 e. The van der Waals surface area contributed by atoms with Gasteiger partial charge in [-0.1, -0.05) is 24.3 Å². The van der Waals surface area contributed by atoms with Crippen LogP contribution in [0.2, 0.25) is 0 Å².